The lowest BCUT2D eigenvalue weighted by atomic mass is 10.2. The minimum absolute atomic E-state index is 0.0534. The number of carbonyl (C=O) groups excluding carboxylic acids is 2. The van der Waals surface area contributed by atoms with Crippen LogP contribution in [0.1, 0.15) is 22.6 Å². The number of rotatable bonds is 4. The maximum atomic E-state index is 12.8. The number of anilines is 1. The van der Waals surface area contributed by atoms with Gasteiger partial charge < -0.3 is 19.7 Å². The fraction of sp³-hybridized carbons (Fsp3) is 0.444. The van der Waals surface area contributed by atoms with Crippen LogP contribution in [-0.4, -0.2) is 69.4 Å². The monoisotopic (exact) mass is 356 g/mol. The van der Waals surface area contributed by atoms with Crippen molar-refractivity contribution in [1.29, 1.82) is 0 Å². The molecule has 0 spiro atoms. The van der Waals surface area contributed by atoms with Gasteiger partial charge in [-0.1, -0.05) is 0 Å². The van der Waals surface area contributed by atoms with E-state index in [0.29, 0.717) is 37.6 Å². The van der Waals surface area contributed by atoms with Crippen LogP contribution in [0.5, 0.6) is 0 Å². The lowest BCUT2D eigenvalue weighted by molar-refractivity contribution is -0.131. The zero-order valence-corrected chi connectivity index (χ0v) is 15.2. The normalized spacial score (nSPS) is 14.8. The number of nitrogens with zero attached hydrogens (tertiary/aromatic N) is 5. The fourth-order valence-electron chi connectivity index (χ4n) is 3.13. The summed E-state index contributed by atoms with van der Waals surface area (Å²) in [6, 6.07) is 3.53. The maximum absolute atomic E-state index is 12.8. The Labute approximate surface area is 152 Å². The molecule has 26 heavy (non-hydrogen) atoms. The Bertz CT molecular complexity index is 787. The Kier molecular flexibility index (Phi) is 5.50. The van der Waals surface area contributed by atoms with E-state index in [2.05, 4.69) is 15.3 Å². The number of hydrogen-bond donors (Lipinski definition) is 1. The highest BCUT2D eigenvalue weighted by atomic mass is 16.2. The van der Waals surface area contributed by atoms with Gasteiger partial charge in [-0.15, -0.1) is 0 Å². The summed E-state index contributed by atoms with van der Waals surface area (Å²) in [5.74, 6) is 1.39. The number of nitrogens with one attached hydrogen (secondary N) is 1. The largest absolute Gasteiger partial charge is 0.372 e. The van der Waals surface area contributed by atoms with E-state index in [1.807, 2.05) is 22.6 Å². The van der Waals surface area contributed by atoms with Crippen LogP contribution in [0.2, 0.25) is 0 Å². The first-order valence-electron chi connectivity index (χ1n) is 8.77. The van der Waals surface area contributed by atoms with Gasteiger partial charge in [0.1, 0.15) is 18.2 Å². The second-order valence-electron chi connectivity index (χ2n) is 6.28. The number of imidazole rings is 1. The van der Waals surface area contributed by atoms with E-state index in [1.165, 1.54) is 0 Å². The minimum atomic E-state index is -0.0535. The van der Waals surface area contributed by atoms with Crippen molar-refractivity contribution >= 4 is 17.6 Å². The van der Waals surface area contributed by atoms with Gasteiger partial charge in [0.15, 0.2) is 0 Å². The number of hydrogen-bond acceptors (Lipinski definition) is 5. The van der Waals surface area contributed by atoms with Gasteiger partial charge in [0, 0.05) is 51.8 Å². The first kappa shape index (κ1) is 17.9. The standard InChI is InChI=1S/C18H24N6O2/c1-14-20-7-10-24(14)13-16(25)22-8-4-9-23(12-11-22)18(26)15-5-3-6-21-17(15)19-2/h3,5-7,10H,4,8-9,11-13H2,1-2H3,(H,19,21). The van der Waals surface area contributed by atoms with Crippen LogP contribution < -0.4 is 5.32 Å². The van der Waals surface area contributed by atoms with Gasteiger partial charge in [0.25, 0.3) is 5.91 Å². The van der Waals surface area contributed by atoms with Crippen molar-refractivity contribution in [3.05, 3.63) is 42.1 Å². The Morgan fingerprint density at radius 2 is 1.88 bits per heavy atom. The summed E-state index contributed by atoms with van der Waals surface area (Å²) >= 11 is 0. The number of pyridine rings is 1. The topological polar surface area (TPSA) is 83.4 Å². The number of carbonyl (C=O) groups is 2. The van der Waals surface area contributed by atoms with Crippen LogP contribution in [0.4, 0.5) is 5.82 Å². The smallest absolute Gasteiger partial charge is 0.257 e. The average molecular weight is 356 g/mol. The Hall–Kier alpha value is -2.90. The quantitative estimate of drug-likeness (QED) is 0.884. The number of aromatic nitrogens is 3. The molecule has 1 saturated heterocycles. The van der Waals surface area contributed by atoms with E-state index in [-0.39, 0.29) is 18.4 Å². The number of amides is 2. The van der Waals surface area contributed by atoms with Crippen LogP contribution >= 0.6 is 0 Å². The van der Waals surface area contributed by atoms with Crippen LogP contribution in [0, 0.1) is 6.92 Å². The summed E-state index contributed by atoms with van der Waals surface area (Å²) < 4.78 is 1.84. The molecule has 2 aromatic rings. The van der Waals surface area contributed by atoms with Crippen molar-refractivity contribution in [3.8, 4) is 0 Å². The zero-order chi connectivity index (χ0) is 18.5. The fourth-order valence-corrected chi connectivity index (χ4v) is 3.13. The molecule has 0 atom stereocenters. The van der Waals surface area contributed by atoms with Gasteiger partial charge >= 0.3 is 0 Å². The first-order valence-corrected chi connectivity index (χ1v) is 8.77. The molecule has 0 bridgehead atoms. The summed E-state index contributed by atoms with van der Waals surface area (Å²) in [4.78, 5) is 37.4. The molecule has 8 heteroatoms. The summed E-state index contributed by atoms with van der Waals surface area (Å²) in [5.41, 5.74) is 0.559. The molecule has 0 radical (unpaired) electrons. The Morgan fingerprint density at radius 3 is 2.62 bits per heavy atom. The lowest BCUT2D eigenvalue weighted by Gasteiger charge is -2.23. The molecule has 1 aliphatic heterocycles. The van der Waals surface area contributed by atoms with E-state index in [0.717, 1.165) is 12.2 Å². The molecular formula is C18H24N6O2. The molecule has 0 aromatic carbocycles. The van der Waals surface area contributed by atoms with Crippen molar-refractivity contribution in [1.82, 2.24) is 24.3 Å². The molecule has 1 aliphatic rings. The Morgan fingerprint density at radius 1 is 1.12 bits per heavy atom. The molecule has 1 fully saturated rings. The third-order valence-electron chi connectivity index (χ3n) is 4.64. The van der Waals surface area contributed by atoms with E-state index < -0.39 is 0 Å². The summed E-state index contributed by atoms with van der Waals surface area (Å²) in [6.45, 7) is 4.50. The highest BCUT2D eigenvalue weighted by Gasteiger charge is 2.24. The van der Waals surface area contributed by atoms with E-state index in [9.17, 15) is 9.59 Å². The predicted molar refractivity (Wildman–Crippen MR) is 97.8 cm³/mol. The van der Waals surface area contributed by atoms with Crippen molar-refractivity contribution in [3.63, 3.8) is 0 Å². The first-order chi connectivity index (χ1) is 12.6. The zero-order valence-electron chi connectivity index (χ0n) is 15.2. The van der Waals surface area contributed by atoms with Crippen LogP contribution in [-0.2, 0) is 11.3 Å². The second kappa shape index (κ2) is 7.99. The van der Waals surface area contributed by atoms with E-state index in [1.54, 1.807) is 36.5 Å². The third-order valence-corrected chi connectivity index (χ3v) is 4.64. The van der Waals surface area contributed by atoms with E-state index >= 15 is 0 Å². The van der Waals surface area contributed by atoms with E-state index in [4.69, 9.17) is 0 Å². The molecule has 3 rings (SSSR count). The third kappa shape index (κ3) is 3.84. The summed E-state index contributed by atoms with van der Waals surface area (Å²) in [7, 11) is 1.75. The SMILES string of the molecule is CNc1ncccc1C(=O)N1CCCN(C(=O)Cn2ccnc2C)CC1. The summed E-state index contributed by atoms with van der Waals surface area (Å²) in [6.07, 6.45) is 5.92. The lowest BCUT2D eigenvalue weighted by Crippen LogP contribution is -2.38. The van der Waals surface area contributed by atoms with Gasteiger partial charge in [0.05, 0.1) is 5.56 Å². The Balaban J connectivity index is 1.63. The van der Waals surface area contributed by atoms with Crippen LogP contribution in [0.25, 0.3) is 0 Å². The molecule has 1 N–H and O–H groups in total. The highest BCUT2D eigenvalue weighted by Crippen LogP contribution is 2.15. The van der Waals surface area contributed by atoms with Crippen molar-refractivity contribution in [2.75, 3.05) is 38.5 Å². The average Bonchev–Trinajstić information content (AvgIpc) is 2.92. The predicted octanol–water partition coefficient (Wildman–Crippen LogP) is 1.00. The molecule has 3 heterocycles. The molecule has 8 nitrogen and oxygen atoms in total. The van der Waals surface area contributed by atoms with Crippen molar-refractivity contribution in [2.24, 2.45) is 0 Å². The van der Waals surface area contributed by atoms with Gasteiger partial charge in [-0.2, -0.15) is 0 Å². The van der Waals surface area contributed by atoms with Crippen molar-refractivity contribution < 1.29 is 9.59 Å². The van der Waals surface area contributed by atoms with Gasteiger partial charge in [-0.25, -0.2) is 9.97 Å². The van der Waals surface area contributed by atoms with Gasteiger partial charge in [0.2, 0.25) is 5.91 Å². The van der Waals surface area contributed by atoms with Crippen LogP contribution in [0.15, 0.2) is 30.7 Å². The van der Waals surface area contributed by atoms with Gasteiger partial charge in [-0.3, -0.25) is 9.59 Å². The molecule has 2 amide bonds. The second-order valence-corrected chi connectivity index (χ2v) is 6.28. The molecule has 0 unspecified atom stereocenters. The minimum Gasteiger partial charge on any atom is -0.372 e. The molecule has 0 aliphatic carbocycles. The highest BCUT2D eigenvalue weighted by molar-refractivity contribution is 5.98. The molecule has 138 valence electrons. The summed E-state index contributed by atoms with van der Waals surface area (Å²) in [5, 5.41) is 2.96. The maximum Gasteiger partial charge on any atom is 0.257 e. The van der Waals surface area contributed by atoms with Crippen LogP contribution in [0.3, 0.4) is 0 Å². The molecular weight excluding hydrogens is 332 g/mol. The molecule has 2 aromatic heterocycles. The molecule has 0 saturated carbocycles. The van der Waals surface area contributed by atoms with Crippen molar-refractivity contribution in [2.45, 2.75) is 19.9 Å². The number of aryl methyl sites for hydroxylation is 1. The van der Waals surface area contributed by atoms with Gasteiger partial charge in [-0.05, 0) is 25.5 Å².